The summed E-state index contributed by atoms with van der Waals surface area (Å²) in [5.41, 5.74) is 0.119. The Balaban J connectivity index is 2.53. The van der Waals surface area contributed by atoms with Gasteiger partial charge in [-0.15, -0.1) is 0 Å². The molecule has 0 aliphatic carbocycles. The second-order valence-corrected chi connectivity index (χ2v) is 3.95. The molecule has 0 N–H and O–H groups in total. The fraction of sp³-hybridized carbons (Fsp3) is 0. The first-order chi connectivity index (χ1) is 8.29. The van der Waals surface area contributed by atoms with Gasteiger partial charge in [-0.1, -0.05) is 30.3 Å². The third-order valence-electron chi connectivity index (χ3n) is 2.95. The van der Waals surface area contributed by atoms with E-state index in [-0.39, 0.29) is 5.56 Å². The molecule has 1 nitrogen and oxygen atoms in total. The van der Waals surface area contributed by atoms with E-state index in [1.54, 1.807) is 6.07 Å². The quantitative estimate of drug-likeness (QED) is 0.526. The molecule has 3 rings (SSSR count). The van der Waals surface area contributed by atoms with Crippen molar-refractivity contribution in [2.24, 2.45) is 0 Å². The van der Waals surface area contributed by atoms with E-state index in [1.165, 1.54) is 6.07 Å². The Hall–Kier alpha value is -2.40. The van der Waals surface area contributed by atoms with Crippen LogP contribution >= 0.6 is 0 Å². The molecule has 0 amide bonds. The standard InChI is InChI=1S/C15H8FN/c16-15-6-5-12-7-10-3-1-2-4-11(10)8-13(12)14(15)9-17/h1-8H. The summed E-state index contributed by atoms with van der Waals surface area (Å²) in [6.45, 7) is 0. The summed E-state index contributed by atoms with van der Waals surface area (Å²) in [6, 6.07) is 16.7. The fourth-order valence-electron chi connectivity index (χ4n) is 2.10. The molecule has 0 fully saturated rings. The first-order valence-corrected chi connectivity index (χ1v) is 5.31. The zero-order valence-corrected chi connectivity index (χ0v) is 8.94. The van der Waals surface area contributed by atoms with Gasteiger partial charge in [0.05, 0.1) is 5.56 Å². The highest BCUT2D eigenvalue weighted by Gasteiger charge is 2.07. The van der Waals surface area contributed by atoms with Crippen LogP contribution in [-0.4, -0.2) is 0 Å². The lowest BCUT2D eigenvalue weighted by Gasteiger charge is -2.04. The third-order valence-corrected chi connectivity index (χ3v) is 2.95. The molecule has 0 bridgehead atoms. The number of fused-ring (bicyclic) bond motifs is 2. The minimum absolute atomic E-state index is 0.119. The van der Waals surface area contributed by atoms with Crippen LogP contribution in [0.1, 0.15) is 5.56 Å². The lowest BCUT2D eigenvalue weighted by molar-refractivity contribution is 0.626. The Morgan fingerprint density at radius 3 is 2.29 bits per heavy atom. The molecule has 0 atom stereocenters. The van der Waals surface area contributed by atoms with Crippen LogP contribution in [0.25, 0.3) is 21.5 Å². The molecule has 17 heavy (non-hydrogen) atoms. The van der Waals surface area contributed by atoms with Crippen molar-refractivity contribution in [1.82, 2.24) is 0 Å². The summed E-state index contributed by atoms with van der Waals surface area (Å²) in [6.07, 6.45) is 0. The van der Waals surface area contributed by atoms with E-state index in [9.17, 15) is 4.39 Å². The molecular formula is C15H8FN. The molecule has 0 aliphatic rings. The number of hydrogen-bond donors (Lipinski definition) is 0. The number of hydrogen-bond acceptors (Lipinski definition) is 1. The number of nitriles is 1. The van der Waals surface area contributed by atoms with Gasteiger partial charge in [0, 0.05) is 5.39 Å². The van der Waals surface area contributed by atoms with E-state index in [0.29, 0.717) is 5.39 Å². The molecule has 0 saturated heterocycles. The van der Waals surface area contributed by atoms with Gasteiger partial charge in [0.2, 0.25) is 0 Å². The average molecular weight is 221 g/mol. The Morgan fingerprint density at radius 1 is 0.882 bits per heavy atom. The van der Waals surface area contributed by atoms with Crippen LogP contribution in [0, 0.1) is 17.1 Å². The fourth-order valence-corrected chi connectivity index (χ4v) is 2.10. The third kappa shape index (κ3) is 1.44. The highest BCUT2D eigenvalue weighted by Crippen LogP contribution is 2.26. The van der Waals surface area contributed by atoms with Crippen molar-refractivity contribution < 1.29 is 4.39 Å². The summed E-state index contributed by atoms with van der Waals surface area (Å²) in [5.74, 6) is -0.463. The van der Waals surface area contributed by atoms with Gasteiger partial charge in [0.1, 0.15) is 11.9 Å². The molecule has 0 saturated carbocycles. The van der Waals surface area contributed by atoms with Crippen molar-refractivity contribution >= 4 is 21.5 Å². The predicted molar refractivity (Wildman–Crippen MR) is 66.1 cm³/mol. The van der Waals surface area contributed by atoms with E-state index in [2.05, 4.69) is 0 Å². The Kier molecular flexibility index (Phi) is 2.06. The highest BCUT2D eigenvalue weighted by molar-refractivity contribution is 6.00. The minimum Gasteiger partial charge on any atom is -0.206 e. The van der Waals surface area contributed by atoms with E-state index in [4.69, 9.17) is 5.26 Å². The Labute approximate surface area is 97.7 Å². The SMILES string of the molecule is N#Cc1c(F)ccc2cc3ccccc3cc12. The molecule has 0 heterocycles. The van der Waals surface area contributed by atoms with Crippen molar-refractivity contribution in [3.63, 3.8) is 0 Å². The largest absolute Gasteiger partial charge is 0.206 e. The van der Waals surface area contributed by atoms with Crippen molar-refractivity contribution in [3.05, 3.63) is 59.9 Å². The summed E-state index contributed by atoms with van der Waals surface area (Å²) in [5, 5.41) is 12.7. The summed E-state index contributed by atoms with van der Waals surface area (Å²) in [7, 11) is 0. The molecule has 0 unspecified atom stereocenters. The second-order valence-electron chi connectivity index (χ2n) is 3.95. The van der Waals surface area contributed by atoms with Gasteiger partial charge < -0.3 is 0 Å². The van der Waals surface area contributed by atoms with Crippen molar-refractivity contribution in [3.8, 4) is 6.07 Å². The molecule has 3 aromatic carbocycles. The lowest BCUT2D eigenvalue weighted by atomic mass is 10.00. The zero-order chi connectivity index (χ0) is 11.8. The lowest BCUT2D eigenvalue weighted by Crippen LogP contribution is -1.86. The van der Waals surface area contributed by atoms with Gasteiger partial charge >= 0.3 is 0 Å². The molecule has 0 spiro atoms. The molecular weight excluding hydrogens is 213 g/mol. The van der Waals surface area contributed by atoms with Gasteiger partial charge in [-0.3, -0.25) is 0 Å². The number of halogens is 1. The maximum atomic E-state index is 13.5. The summed E-state index contributed by atoms with van der Waals surface area (Å²) >= 11 is 0. The smallest absolute Gasteiger partial charge is 0.141 e. The van der Waals surface area contributed by atoms with Crippen LogP contribution in [0.4, 0.5) is 4.39 Å². The monoisotopic (exact) mass is 221 g/mol. The normalized spacial score (nSPS) is 10.6. The van der Waals surface area contributed by atoms with Crippen molar-refractivity contribution in [1.29, 1.82) is 5.26 Å². The number of nitrogens with zero attached hydrogens (tertiary/aromatic N) is 1. The molecule has 2 heteroatoms. The maximum Gasteiger partial charge on any atom is 0.141 e. The summed E-state index contributed by atoms with van der Waals surface area (Å²) in [4.78, 5) is 0. The molecule has 0 aliphatic heterocycles. The van der Waals surface area contributed by atoms with E-state index in [1.807, 2.05) is 42.5 Å². The molecule has 0 radical (unpaired) electrons. The number of rotatable bonds is 0. The van der Waals surface area contributed by atoms with Gasteiger partial charge in [0.15, 0.2) is 0 Å². The van der Waals surface area contributed by atoms with E-state index < -0.39 is 5.82 Å². The Bertz CT molecular complexity index is 769. The first-order valence-electron chi connectivity index (χ1n) is 5.31. The molecule has 3 aromatic rings. The molecule has 80 valence electrons. The summed E-state index contributed by atoms with van der Waals surface area (Å²) < 4.78 is 13.5. The predicted octanol–water partition coefficient (Wildman–Crippen LogP) is 4.00. The van der Waals surface area contributed by atoms with Crippen LogP contribution in [-0.2, 0) is 0 Å². The van der Waals surface area contributed by atoms with Gasteiger partial charge in [0.25, 0.3) is 0 Å². The van der Waals surface area contributed by atoms with Crippen LogP contribution < -0.4 is 0 Å². The first kappa shape index (κ1) is 9.80. The van der Waals surface area contributed by atoms with Crippen molar-refractivity contribution in [2.75, 3.05) is 0 Å². The maximum absolute atomic E-state index is 13.5. The number of benzene rings is 3. The topological polar surface area (TPSA) is 23.8 Å². The minimum atomic E-state index is -0.463. The van der Waals surface area contributed by atoms with Gasteiger partial charge in [-0.25, -0.2) is 4.39 Å². The van der Waals surface area contributed by atoms with Gasteiger partial charge in [-0.2, -0.15) is 5.26 Å². The van der Waals surface area contributed by atoms with E-state index >= 15 is 0 Å². The Morgan fingerprint density at radius 2 is 1.59 bits per heavy atom. The second kappa shape index (κ2) is 3.57. The van der Waals surface area contributed by atoms with Gasteiger partial charge in [-0.05, 0) is 34.4 Å². The van der Waals surface area contributed by atoms with Crippen LogP contribution in [0.3, 0.4) is 0 Å². The molecule has 0 aromatic heterocycles. The zero-order valence-electron chi connectivity index (χ0n) is 8.94. The van der Waals surface area contributed by atoms with Crippen LogP contribution in [0.5, 0.6) is 0 Å². The van der Waals surface area contributed by atoms with E-state index in [0.717, 1.165) is 16.2 Å². The van der Waals surface area contributed by atoms with Crippen LogP contribution in [0.15, 0.2) is 48.5 Å². The van der Waals surface area contributed by atoms with Crippen LogP contribution in [0.2, 0.25) is 0 Å². The highest BCUT2D eigenvalue weighted by atomic mass is 19.1. The van der Waals surface area contributed by atoms with Crippen molar-refractivity contribution in [2.45, 2.75) is 0 Å². The average Bonchev–Trinajstić information content (AvgIpc) is 2.36.